The highest BCUT2D eigenvalue weighted by molar-refractivity contribution is 7.89. The van der Waals surface area contributed by atoms with Gasteiger partial charge in [-0.2, -0.15) is 17.9 Å². The molecular formula is C11H11F6NO2S. The molecule has 1 aromatic carbocycles. The third-order valence-corrected chi connectivity index (χ3v) is 4.25. The summed E-state index contributed by atoms with van der Waals surface area (Å²) >= 11 is 0. The largest absolute Gasteiger partial charge is 0.404 e. The van der Waals surface area contributed by atoms with Crippen LogP contribution in [0.4, 0.5) is 26.3 Å². The number of nitrogens with one attached hydrogen (secondary N) is 1. The topological polar surface area (TPSA) is 46.2 Å². The van der Waals surface area contributed by atoms with Crippen molar-refractivity contribution in [2.45, 2.75) is 37.4 Å². The molecular weight excluding hydrogens is 324 g/mol. The molecule has 0 radical (unpaired) electrons. The van der Waals surface area contributed by atoms with Crippen LogP contribution in [0.3, 0.4) is 0 Å². The fraction of sp³-hybridized carbons (Fsp3) is 0.455. The molecule has 0 saturated heterocycles. The van der Waals surface area contributed by atoms with Crippen LogP contribution in [0.2, 0.25) is 0 Å². The van der Waals surface area contributed by atoms with Gasteiger partial charge in [0.15, 0.2) is 5.82 Å². The highest BCUT2D eigenvalue weighted by atomic mass is 32.2. The number of benzene rings is 1. The number of rotatable bonds is 4. The van der Waals surface area contributed by atoms with Gasteiger partial charge in [-0.25, -0.2) is 21.6 Å². The molecule has 1 atom stereocenters. The lowest BCUT2D eigenvalue weighted by atomic mass is 10.1. The first-order valence-electron chi connectivity index (χ1n) is 5.54. The van der Waals surface area contributed by atoms with E-state index in [-0.39, 0.29) is 5.56 Å². The molecule has 120 valence electrons. The Morgan fingerprint density at radius 1 is 1.19 bits per heavy atom. The second-order valence-corrected chi connectivity index (χ2v) is 5.98. The van der Waals surface area contributed by atoms with E-state index in [2.05, 4.69) is 0 Å². The molecule has 0 aliphatic carbocycles. The summed E-state index contributed by atoms with van der Waals surface area (Å²) in [6, 6.07) is -0.947. The molecule has 21 heavy (non-hydrogen) atoms. The molecule has 0 heterocycles. The lowest BCUT2D eigenvalue weighted by Gasteiger charge is -2.18. The zero-order chi connectivity index (χ0) is 16.6. The number of alkyl halides is 5. The van der Waals surface area contributed by atoms with Crippen LogP contribution in [0.5, 0.6) is 0 Å². The maximum Gasteiger partial charge on any atom is 0.404 e. The quantitative estimate of drug-likeness (QED) is 0.858. The lowest BCUT2D eigenvalue weighted by Crippen LogP contribution is -2.43. The van der Waals surface area contributed by atoms with Gasteiger partial charge < -0.3 is 0 Å². The Balaban J connectivity index is 3.31. The summed E-state index contributed by atoms with van der Waals surface area (Å²) in [5, 5.41) is 0. The van der Waals surface area contributed by atoms with Crippen molar-refractivity contribution in [1.82, 2.24) is 4.72 Å². The normalized spacial score (nSPS) is 14.5. The van der Waals surface area contributed by atoms with E-state index in [0.29, 0.717) is 13.0 Å². The molecule has 3 nitrogen and oxygen atoms in total. The van der Waals surface area contributed by atoms with Crippen molar-refractivity contribution < 1.29 is 34.8 Å². The molecule has 0 fully saturated rings. The van der Waals surface area contributed by atoms with Gasteiger partial charge in [-0.05, 0) is 25.5 Å². The van der Waals surface area contributed by atoms with Crippen LogP contribution < -0.4 is 4.72 Å². The highest BCUT2D eigenvalue weighted by Gasteiger charge is 2.39. The minimum atomic E-state index is -4.92. The first kappa shape index (κ1) is 17.8. The predicted octanol–water partition coefficient (Wildman–Crippen LogP) is 3.30. The fourth-order valence-corrected chi connectivity index (χ4v) is 2.83. The van der Waals surface area contributed by atoms with Gasteiger partial charge in [0.05, 0.1) is 5.56 Å². The van der Waals surface area contributed by atoms with E-state index in [4.69, 9.17) is 0 Å². The third kappa shape index (κ3) is 3.88. The third-order valence-electron chi connectivity index (χ3n) is 2.69. The Bertz CT molecular complexity index is 626. The van der Waals surface area contributed by atoms with E-state index in [9.17, 15) is 34.8 Å². The molecule has 0 spiro atoms. The van der Waals surface area contributed by atoms with Gasteiger partial charge in [0.2, 0.25) is 10.0 Å². The summed E-state index contributed by atoms with van der Waals surface area (Å²) in [6.45, 7) is 1.64. The molecule has 0 aliphatic rings. The van der Waals surface area contributed by atoms with Crippen LogP contribution in [0, 0.1) is 12.7 Å². The van der Waals surface area contributed by atoms with Crippen molar-refractivity contribution in [3.63, 3.8) is 0 Å². The first-order chi connectivity index (χ1) is 9.38. The average Bonchev–Trinajstić information content (AvgIpc) is 2.25. The van der Waals surface area contributed by atoms with Crippen LogP contribution in [-0.2, 0) is 10.0 Å². The van der Waals surface area contributed by atoms with Gasteiger partial charge in [0.25, 0.3) is 6.43 Å². The molecule has 1 aromatic rings. The standard InChI is InChI=1S/C11H11F6NO2S/c1-5-3-4-7(9(12)8(5)10(13)14)21(19,20)18-6(2)11(15,16)17/h3-4,6,10,18H,1-2H3. The Kier molecular flexibility index (Phi) is 4.94. The van der Waals surface area contributed by atoms with Gasteiger partial charge in [-0.1, -0.05) is 6.07 Å². The van der Waals surface area contributed by atoms with Crippen LogP contribution in [-0.4, -0.2) is 20.6 Å². The van der Waals surface area contributed by atoms with E-state index in [1.807, 2.05) is 0 Å². The average molecular weight is 335 g/mol. The summed E-state index contributed by atoms with van der Waals surface area (Å²) in [6.07, 6.45) is -8.18. The minimum absolute atomic E-state index is 0.203. The van der Waals surface area contributed by atoms with Gasteiger partial charge in [0, 0.05) is 0 Å². The van der Waals surface area contributed by atoms with Gasteiger partial charge in [-0.15, -0.1) is 0 Å². The van der Waals surface area contributed by atoms with Gasteiger partial charge >= 0.3 is 6.18 Å². The molecule has 0 bridgehead atoms. The summed E-state index contributed by atoms with van der Waals surface area (Å²) in [5.41, 5.74) is -1.36. The van der Waals surface area contributed by atoms with E-state index in [0.717, 1.165) is 13.0 Å². The molecule has 1 unspecified atom stereocenters. The van der Waals surface area contributed by atoms with Crippen molar-refractivity contribution in [2.24, 2.45) is 0 Å². The first-order valence-corrected chi connectivity index (χ1v) is 7.02. The highest BCUT2D eigenvalue weighted by Crippen LogP contribution is 2.30. The zero-order valence-corrected chi connectivity index (χ0v) is 11.6. The molecule has 10 heteroatoms. The van der Waals surface area contributed by atoms with Crippen molar-refractivity contribution >= 4 is 10.0 Å². The van der Waals surface area contributed by atoms with Crippen molar-refractivity contribution in [2.75, 3.05) is 0 Å². The van der Waals surface area contributed by atoms with Crippen molar-refractivity contribution in [1.29, 1.82) is 0 Å². The zero-order valence-electron chi connectivity index (χ0n) is 10.8. The second-order valence-electron chi connectivity index (χ2n) is 4.29. The monoisotopic (exact) mass is 335 g/mol. The number of hydrogen-bond acceptors (Lipinski definition) is 2. The van der Waals surface area contributed by atoms with Crippen molar-refractivity contribution in [3.05, 3.63) is 29.1 Å². The van der Waals surface area contributed by atoms with Crippen LogP contribution >= 0.6 is 0 Å². The van der Waals surface area contributed by atoms with Crippen LogP contribution in [0.15, 0.2) is 17.0 Å². The van der Waals surface area contributed by atoms with Gasteiger partial charge in [-0.3, -0.25) is 0 Å². The maximum absolute atomic E-state index is 13.8. The minimum Gasteiger partial charge on any atom is -0.207 e. The molecule has 0 amide bonds. The van der Waals surface area contributed by atoms with E-state index in [1.54, 1.807) is 0 Å². The predicted molar refractivity (Wildman–Crippen MR) is 61.9 cm³/mol. The van der Waals surface area contributed by atoms with E-state index >= 15 is 0 Å². The summed E-state index contributed by atoms with van der Waals surface area (Å²) < 4.78 is 101. The summed E-state index contributed by atoms with van der Waals surface area (Å²) in [4.78, 5) is -1.25. The Labute approximate surface area is 117 Å². The number of hydrogen-bond donors (Lipinski definition) is 1. The Hall–Kier alpha value is -1.29. The Morgan fingerprint density at radius 3 is 2.14 bits per heavy atom. The smallest absolute Gasteiger partial charge is 0.207 e. The maximum atomic E-state index is 13.8. The van der Waals surface area contributed by atoms with Crippen LogP contribution in [0.1, 0.15) is 24.5 Å². The second kappa shape index (κ2) is 5.84. The molecule has 1 rings (SSSR count). The number of halogens is 6. The molecule has 0 aromatic heterocycles. The number of aryl methyl sites for hydroxylation is 1. The number of sulfonamides is 1. The summed E-state index contributed by atoms with van der Waals surface area (Å²) in [5.74, 6) is -1.76. The molecule has 1 N–H and O–H groups in total. The summed E-state index contributed by atoms with van der Waals surface area (Å²) in [7, 11) is -4.92. The molecule has 0 saturated carbocycles. The van der Waals surface area contributed by atoms with E-state index in [1.165, 1.54) is 4.72 Å². The lowest BCUT2D eigenvalue weighted by molar-refractivity contribution is -0.147. The van der Waals surface area contributed by atoms with Crippen molar-refractivity contribution in [3.8, 4) is 0 Å². The Morgan fingerprint density at radius 2 is 1.71 bits per heavy atom. The van der Waals surface area contributed by atoms with Crippen LogP contribution in [0.25, 0.3) is 0 Å². The SMILES string of the molecule is Cc1ccc(S(=O)(=O)NC(C)C(F)(F)F)c(F)c1C(F)F. The molecule has 0 aliphatic heterocycles. The van der Waals surface area contributed by atoms with Gasteiger partial charge in [0.1, 0.15) is 10.9 Å². The van der Waals surface area contributed by atoms with E-state index < -0.39 is 44.9 Å². The fourth-order valence-electron chi connectivity index (χ4n) is 1.51.